The van der Waals surface area contributed by atoms with Crippen molar-refractivity contribution >= 4 is 21.6 Å². The van der Waals surface area contributed by atoms with E-state index >= 15 is 0 Å². The lowest BCUT2D eigenvalue weighted by molar-refractivity contribution is -0.385. The summed E-state index contributed by atoms with van der Waals surface area (Å²) in [4.78, 5) is 10.4. The molecule has 1 saturated carbocycles. The molecular weight excluding hydrogens is 312 g/mol. The molecule has 0 aliphatic heterocycles. The number of nitro groups is 1. The van der Waals surface area contributed by atoms with Crippen LogP contribution in [0.2, 0.25) is 0 Å². The second-order valence-corrected chi connectivity index (χ2v) is 5.64. The largest absolute Gasteiger partial charge is 0.392 e. The monoisotopic (exact) mass is 328 g/mol. The molecule has 2 atom stereocenters. The molecule has 0 heterocycles. The molecule has 1 aromatic carbocycles. The molecule has 0 amide bonds. The van der Waals surface area contributed by atoms with Gasteiger partial charge in [-0.25, -0.2) is 0 Å². The summed E-state index contributed by atoms with van der Waals surface area (Å²) in [5, 5.41) is 24.0. The Morgan fingerprint density at radius 3 is 2.84 bits per heavy atom. The zero-order chi connectivity index (χ0) is 13.8. The van der Waals surface area contributed by atoms with Crippen LogP contribution in [0.1, 0.15) is 31.2 Å². The van der Waals surface area contributed by atoms with Crippen molar-refractivity contribution in [2.75, 3.05) is 0 Å². The molecule has 19 heavy (non-hydrogen) atoms. The SMILES string of the molecule is O=[N+]([O-])c1cccc(CNC2CCCCC2O)c1Br. The van der Waals surface area contributed by atoms with Gasteiger partial charge in [0.05, 0.1) is 15.5 Å². The van der Waals surface area contributed by atoms with Gasteiger partial charge in [0.25, 0.3) is 5.69 Å². The van der Waals surface area contributed by atoms with Crippen LogP contribution in [0.3, 0.4) is 0 Å². The molecule has 2 rings (SSSR count). The Morgan fingerprint density at radius 2 is 2.16 bits per heavy atom. The summed E-state index contributed by atoms with van der Waals surface area (Å²) >= 11 is 3.28. The Balaban J connectivity index is 2.03. The van der Waals surface area contributed by atoms with Gasteiger partial charge in [-0.15, -0.1) is 0 Å². The van der Waals surface area contributed by atoms with E-state index in [1.165, 1.54) is 6.07 Å². The smallest absolute Gasteiger partial charge is 0.283 e. The predicted octanol–water partition coefficient (Wildman–Crippen LogP) is 2.75. The molecule has 1 aliphatic rings. The van der Waals surface area contributed by atoms with Gasteiger partial charge in [0.15, 0.2) is 0 Å². The van der Waals surface area contributed by atoms with Crippen molar-refractivity contribution in [2.24, 2.45) is 0 Å². The molecule has 0 spiro atoms. The van der Waals surface area contributed by atoms with Crippen LogP contribution in [0.5, 0.6) is 0 Å². The quantitative estimate of drug-likeness (QED) is 0.658. The van der Waals surface area contributed by atoms with Gasteiger partial charge in [0, 0.05) is 18.7 Å². The molecule has 2 N–H and O–H groups in total. The molecular formula is C13H17BrN2O3. The average molecular weight is 329 g/mol. The number of halogens is 1. The van der Waals surface area contributed by atoms with E-state index in [2.05, 4.69) is 21.2 Å². The summed E-state index contributed by atoms with van der Waals surface area (Å²) < 4.78 is 0.512. The zero-order valence-corrected chi connectivity index (χ0v) is 12.1. The number of aliphatic hydroxyl groups excluding tert-OH is 1. The lowest BCUT2D eigenvalue weighted by Gasteiger charge is -2.28. The number of benzene rings is 1. The number of nitrogens with zero attached hydrogens (tertiary/aromatic N) is 1. The second-order valence-electron chi connectivity index (χ2n) is 4.85. The Bertz CT molecular complexity index is 467. The fraction of sp³-hybridized carbons (Fsp3) is 0.538. The first kappa shape index (κ1) is 14.4. The summed E-state index contributed by atoms with van der Waals surface area (Å²) in [6, 6.07) is 5.08. The van der Waals surface area contributed by atoms with E-state index < -0.39 is 4.92 Å². The maximum Gasteiger partial charge on any atom is 0.283 e. The number of rotatable bonds is 4. The van der Waals surface area contributed by atoms with Gasteiger partial charge in [-0.05, 0) is 34.3 Å². The molecule has 0 bridgehead atoms. The van der Waals surface area contributed by atoms with Crippen molar-refractivity contribution in [2.45, 2.75) is 44.4 Å². The van der Waals surface area contributed by atoms with Gasteiger partial charge in [0.2, 0.25) is 0 Å². The maximum atomic E-state index is 10.8. The maximum absolute atomic E-state index is 10.8. The summed E-state index contributed by atoms with van der Waals surface area (Å²) in [6.45, 7) is 0.518. The third-order valence-electron chi connectivity index (χ3n) is 3.54. The third kappa shape index (κ3) is 3.52. The standard InChI is InChI=1S/C13H17BrN2O3/c14-13-9(4-3-6-11(13)16(18)19)8-15-10-5-1-2-7-12(10)17/h3-4,6,10,12,15,17H,1-2,5,7-8H2. The number of hydrogen-bond acceptors (Lipinski definition) is 4. The van der Waals surface area contributed by atoms with Crippen LogP contribution in [-0.4, -0.2) is 22.2 Å². The number of aliphatic hydroxyl groups is 1. The van der Waals surface area contributed by atoms with Gasteiger partial charge in [-0.1, -0.05) is 25.0 Å². The molecule has 1 fully saturated rings. The van der Waals surface area contributed by atoms with Crippen molar-refractivity contribution in [3.05, 3.63) is 38.3 Å². The van der Waals surface area contributed by atoms with Crippen LogP contribution in [0, 0.1) is 10.1 Å². The first-order valence-electron chi connectivity index (χ1n) is 6.43. The lowest BCUT2D eigenvalue weighted by atomic mass is 9.92. The summed E-state index contributed by atoms with van der Waals surface area (Å²) in [5.41, 5.74) is 0.912. The third-order valence-corrected chi connectivity index (χ3v) is 4.45. The first-order valence-corrected chi connectivity index (χ1v) is 7.22. The Morgan fingerprint density at radius 1 is 1.42 bits per heavy atom. The fourth-order valence-corrected chi connectivity index (χ4v) is 2.98. The molecule has 0 radical (unpaired) electrons. The summed E-state index contributed by atoms with van der Waals surface area (Å²) in [6.07, 6.45) is 3.65. The van der Waals surface area contributed by atoms with E-state index in [1.54, 1.807) is 6.07 Å². The van der Waals surface area contributed by atoms with Gasteiger partial charge in [-0.3, -0.25) is 10.1 Å². The van der Waals surface area contributed by atoms with Gasteiger partial charge < -0.3 is 10.4 Å². The van der Waals surface area contributed by atoms with E-state index in [1.807, 2.05) is 6.07 Å². The minimum atomic E-state index is -0.400. The average Bonchev–Trinajstić information content (AvgIpc) is 2.39. The van der Waals surface area contributed by atoms with E-state index in [-0.39, 0.29) is 17.8 Å². The minimum Gasteiger partial charge on any atom is -0.392 e. The first-order chi connectivity index (χ1) is 9.09. The Labute approximate surface area is 120 Å². The van der Waals surface area contributed by atoms with Crippen molar-refractivity contribution in [1.82, 2.24) is 5.32 Å². The molecule has 0 saturated heterocycles. The van der Waals surface area contributed by atoms with Crippen LogP contribution in [-0.2, 0) is 6.54 Å². The Kier molecular flexibility index (Phi) is 4.90. The lowest BCUT2D eigenvalue weighted by Crippen LogP contribution is -2.41. The normalized spacial score (nSPS) is 23.3. The van der Waals surface area contributed by atoms with Crippen LogP contribution in [0.4, 0.5) is 5.69 Å². The number of hydrogen-bond donors (Lipinski definition) is 2. The van der Waals surface area contributed by atoms with Crippen molar-refractivity contribution in [3.8, 4) is 0 Å². The zero-order valence-electron chi connectivity index (χ0n) is 10.5. The van der Waals surface area contributed by atoms with Crippen LogP contribution in [0.25, 0.3) is 0 Å². The van der Waals surface area contributed by atoms with E-state index in [0.717, 1.165) is 31.2 Å². The highest BCUT2D eigenvalue weighted by Crippen LogP contribution is 2.28. The molecule has 1 aromatic rings. The van der Waals surface area contributed by atoms with Crippen molar-refractivity contribution in [1.29, 1.82) is 0 Å². The van der Waals surface area contributed by atoms with E-state index in [4.69, 9.17) is 0 Å². The molecule has 104 valence electrons. The molecule has 5 nitrogen and oxygen atoms in total. The highest BCUT2D eigenvalue weighted by Gasteiger charge is 2.23. The summed E-state index contributed by atoms with van der Waals surface area (Å²) in [5.74, 6) is 0. The minimum absolute atomic E-state index is 0.0727. The second kappa shape index (κ2) is 6.45. The van der Waals surface area contributed by atoms with E-state index in [9.17, 15) is 15.2 Å². The van der Waals surface area contributed by atoms with Gasteiger partial charge in [0.1, 0.15) is 0 Å². The predicted molar refractivity (Wildman–Crippen MR) is 75.9 cm³/mol. The molecule has 1 aliphatic carbocycles. The highest BCUT2D eigenvalue weighted by atomic mass is 79.9. The highest BCUT2D eigenvalue weighted by molar-refractivity contribution is 9.10. The van der Waals surface area contributed by atoms with Crippen molar-refractivity contribution in [3.63, 3.8) is 0 Å². The van der Waals surface area contributed by atoms with E-state index in [0.29, 0.717) is 11.0 Å². The van der Waals surface area contributed by atoms with Gasteiger partial charge in [-0.2, -0.15) is 0 Å². The summed E-state index contributed by atoms with van der Waals surface area (Å²) in [7, 11) is 0. The van der Waals surface area contributed by atoms with Crippen LogP contribution >= 0.6 is 15.9 Å². The molecule has 0 aromatic heterocycles. The molecule has 6 heteroatoms. The Hall–Kier alpha value is -0.980. The van der Waals surface area contributed by atoms with Crippen molar-refractivity contribution < 1.29 is 10.0 Å². The van der Waals surface area contributed by atoms with Crippen LogP contribution < -0.4 is 5.32 Å². The molecule has 2 unspecified atom stereocenters. The number of nitro benzene ring substituents is 1. The number of nitrogens with one attached hydrogen (secondary N) is 1. The fourth-order valence-electron chi connectivity index (χ4n) is 2.43. The van der Waals surface area contributed by atoms with Gasteiger partial charge >= 0.3 is 0 Å². The topological polar surface area (TPSA) is 75.4 Å². The van der Waals surface area contributed by atoms with Crippen LogP contribution in [0.15, 0.2) is 22.7 Å².